The van der Waals surface area contributed by atoms with Crippen LogP contribution in [-0.2, 0) is 34.0 Å². The summed E-state index contributed by atoms with van der Waals surface area (Å²) in [5.41, 5.74) is 3.07. The largest absolute Gasteiger partial charge is 0.325 e. The highest BCUT2D eigenvalue weighted by Crippen LogP contribution is 2.34. The first kappa shape index (κ1) is 21.4. The lowest BCUT2D eigenvalue weighted by molar-refractivity contribution is -0.132. The van der Waals surface area contributed by atoms with Gasteiger partial charge in [0.1, 0.15) is 5.54 Å². The van der Waals surface area contributed by atoms with E-state index in [-0.39, 0.29) is 22.2 Å². The predicted octanol–water partition coefficient (Wildman–Crippen LogP) is 3.81. The number of hydrogen-bond acceptors (Lipinski definition) is 4. The van der Waals surface area contributed by atoms with Crippen molar-refractivity contribution < 1.29 is 18.0 Å². The second-order valence-corrected chi connectivity index (χ2v) is 10.8. The summed E-state index contributed by atoms with van der Waals surface area (Å²) in [4.78, 5) is 27.6. The highest BCUT2D eigenvalue weighted by atomic mass is 32.2. The fraction of sp³-hybridized carbons (Fsp3) is 0.231. The number of benzene rings is 3. The standard InChI is InChI=1S/C26H24N2O4S/c1-18-6-10-22(11-7-18)33(31,32)23-12-8-19(9-13-23)17-28-24(29)26(27-25(28)30)15-14-20-4-2-3-5-21(20)16-26/h2-13H,14-17H2,1H3,(H,27,30). The van der Waals surface area contributed by atoms with Crippen LogP contribution in [0.3, 0.4) is 0 Å². The molecule has 0 bridgehead atoms. The predicted molar refractivity (Wildman–Crippen MR) is 123 cm³/mol. The lowest BCUT2D eigenvalue weighted by Gasteiger charge is -2.32. The zero-order valence-electron chi connectivity index (χ0n) is 18.2. The van der Waals surface area contributed by atoms with Crippen molar-refractivity contribution in [1.29, 1.82) is 0 Å². The molecule has 1 N–H and O–H groups in total. The van der Waals surface area contributed by atoms with E-state index in [0.717, 1.165) is 17.5 Å². The van der Waals surface area contributed by atoms with E-state index in [9.17, 15) is 18.0 Å². The fourth-order valence-corrected chi connectivity index (χ4v) is 5.92. The van der Waals surface area contributed by atoms with E-state index in [1.54, 1.807) is 36.4 Å². The summed E-state index contributed by atoms with van der Waals surface area (Å²) >= 11 is 0. The Morgan fingerprint density at radius 3 is 2.15 bits per heavy atom. The monoisotopic (exact) mass is 460 g/mol. The maximum atomic E-state index is 13.3. The Labute approximate surface area is 193 Å². The van der Waals surface area contributed by atoms with E-state index >= 15 is 0 Å². The number of rotatable bonds is 4. The summed E-state index contributed by atoms with van der Waals surface area (Å²) in [7, 11) is -3.63. The highest BCUT2D eigenvalue weighted by molar-refractivity contribution is 7.91. The minimum absolute atomic E-state index is 0.0962. The molecule has 1 heterocycles. The molecule has 1 atom stereocenters. The number of imide groups is 1. The number of fused-ring (bicyclic) bond motifs is 1. The molecule has 2 aliphatic rings. The fourth-order valence-electron chi connectivity index (χ4n) is 4.65. The van der Waals surface area contributed by atoms with E-state index in [0.29, 0.717) is 18.4 Å². The summed E-state index contributed by atoms with van der Waals surface area (Å²) in [6.07, 6.45) is 1.79. The van der Waals surface area contributed by atoms with Gasteiger partial charge in [-0.05, 0) is 60.7 Å². The molecule has 3 aromatic carbocycles. The van der Waals surface area contributed by atoms with Gasteiger partial charge < -0.3 is 5.32 Å². The number of carbonyl (C=O) groups is 2. The number of nitrogens with zero attached hydrogens (tertiary/aromatic N) is 1. The van der Waals surface area contributed by atoms with Crippen LogP contribution in [0.25, 0.3) is 0 Å². The van der Waals surface area contributed by atoms with Crippen LogP contribution in [0.2, 0.25) is 0 Å². The van der Waals surface area contributed by atoms with Crippen LogP contribution in [0.4, 0.5) is 4.79 Å². The molecule has 1 fully saturated rings. The first-order valence-electron chi connectivity index (χ1n) is 10.9. The zero-order chi connectivity index (χ0) is 23.2. The summed E-state index contributed by atoms with van der Waals surface area (Å²) in [5.74, 6) is -0.224. The van der Waals surface area contributed by atoms with E-state index in [1.807, 2.05) is 25.1 Å². The highest BCUT2D eigenvalue weighted by Gasteiger charge is 2.52. The van der Waals surface area contributed by atoms with E-state index < -0.39 is 21.4 Å². The number of amides is 3. The van der Waals surface area contributed by atoms with E-state index in [1.165, 1.54) is 22.6 Å². The maximum absolute atomic E-state index is 13.3. The third-order valence-corrected chi connectivity index (χ3v) is 8.37. The zero-order valence-corrected chi connectivity index (χ0v) is 19.1. The normalized spacial score (nSPS) is 20.1. The van der Waals surface area contributed by atoms with Crippen molar-refractivity contribution in [2.75, 3.05) is 0 Å². The van der Waals surface area contributed by atoms with Gasteiger partial charge >= 0.3 is 6.03 Å². The van der Waals surface area contributed by atoms with Gasteiger partial charge in [-0.15, -0.1) is 0 Å². The molecule has 3 aromatic rings. The molecule has 1 spiro atoms. The van der Waals surface area contributed by atoms with Crippen molar-refractivity contribution >= 4 is 21.8 Å². The molecule has 1 saturated heterocycles. The number of nitrogens with one attached hydrogen (secondary N) is 1. The molecule has 7 heteroatoms. The average molecular weight is 461 g/mol. The van der Waals surface area contributed by atoms with Crippen molar-refractivity contribution in [2.45, 2.75) is 48.1 Å². The van der Waals surface area contributed by atoms with Crippen LogP contribution in [0.1, 0.15) is 28.7 Å². The molecule has 5 rings (SSSR count). The molecule has 1 aliphatic heterocycles. The summed E-state index contributed by atoms with van der Waals surface area (Å²) in [6, 6.07) is 20.7. The van der Waals surface area contributed by atoms with Crippen molar-refractivity contribution in [3.8, 4) is 0 Å². The lowest BCUT2D eigenvalue weighted by Crippen LogP contribution is -2.51. The Morgan fingerprint density at radius 2 is 1.48 bits per heavy atom. The van der Waals surface area contributed by atoms with Gasteiger partial charge in [0.25, 0.3) is 5.91 Å². The first-order chi connectivity index (χ1) is 15.8. The number of hydrogen-bond donors (Lipinski definition) is 1. The molecule has 1 aliphatic carbocycles. The second-order valence-electron chi connectivity index (χ2n) is 8.81. The summed E-state index contributed by atoms with van der Waals surface area (Å²) < 4.78 is 25.8. The number of sulfone groups is 1. The van der Waals surface area contributed by atoms with Crippen molar-refractivity contribution in [1.82, 2.24) is 10.2 Å². The summed E-state index contributed by atoms with van der Waals surface area (Å²) in [6.45, 7) is 2.00. The van der Waals surface area contributed by atoms with Crippen molar-refractivity contribution in [2.24, 2.45) is 0 Å². The summed E-state index contributed by atoms with van der Waals surface area (Å²) in [5, 5.41) is 2.93. The molecule has 0 aromatic heterocycles. The second kappa shape index (κ2) is 7.85. The third kappa shape index (κ3) is 3.72. The van der Waals surface area contributed by atoms with Crippen LogP contribution in [0.5, 0.6) is 0 Å². The lowest BCUT2D eigenvalue weighted by atomic mass is 9.78. The topological polar surface area (TPSA) is 83.6 Å². The van der Waals surface area contributed by atoms with E-state index in [4.69, 9.17) is 0 Å². The van der Waals surface area contributed by atoms with Gasteiger partial charge in [-0.3, -0.25) is 9.69 Å². The number of aryl methyl sites for hydroxylation is 2. The number of carbonyl (C=O) groups excluding carboxylic acids is 2. The van der Waals surface area contributed by atoms with Gasteiger partial charge in [-0.2, -0.15) is 0 Å². The van der Waals surface area contributed by atoms with Gasteiger partial charge in [-0.25, -0.2) is 13.2 Å². The van der Waals surface area contributed by atoms with Crippen LogP contribution in [0, 0.1) is 6.92 Å². The molecule has 168 valence electrons. The minimum atomic E-state index is -3.63. The molecule has 6 nitrogen and oxygen atoms in total. The average Bonchev–Trinajstić information content (AvgIpc) is 3.03. The van der Waals surface area contributed by atoms with Crippen LogP contribution in [0.15, 0.2) is 82.6 Å². The Bertz CT molecular complexity index is 1350. The molecular formula is C26H24N2O4S. The maximum Gasteiger partial charge on any atom is 0.325 e. The minimum Gasteiger partial charge on any atom is -0.323 e. The SMILES string of the molecule is Cc1ccc(S(=O)(=O)c2ccc(CN3C(=O)NC4(CCc5ccccc5C4)C3=O)cc2)cc1. The molecule has 0 saturated carbocycles. The van der Waals surface area contributed by atoms with E-state index in [2.05, 4.69) is 11.4 Å². The van der Waals surface area contributed by atoms with Crippen molar-refractivity contribution in [3.05, 3.63) is 95.1 Å². The van der Waals surface area contributed by atoms with Gasteiger partial charge in [0.2, 0.25) is 9.84 Å². The molecular weight excluding hydrogens is 436 g/mol. The smallest absolute Gasteiger partial charge is 0.323 e. The number of urea groups is 1. The third-order valence-electron chi connectivity index (χ3n) is 6.58. The molecule has 0 radical (unpaired) electrons. The van der Waals surface area contributed by atoms with Crippen LogP contribution in [-0.4, -0.2) is 30.8 Å². The van der Waals surface area contributed by atoms with Gasteiger partial charge in [0.05, 0.1) is 16.3 Å². The van der Waals surface area contributed by atoms with Gasteiger partial charge in [-0.1, -0.05) is 54.1 Å². The quantitative estimate of drug-likeness (QED) is 0.600. The molecule has 3 amide bonds. The molecule has 33 heavy (non-hydrogen) atoms. The van der Waals surface area contributed by atoms with Crippen LogP contribution < -0.4 is 5.32 Å². The first-order valence-corrected chi connectivity index (χ1v) is 12.4. The molecule has 1 unspecified atom stereocenters. The Balaban J connectivity index is 1.34. The Kier molecular flexibility index (Phi) is 5.09. The Hall–Kier alpha value is -3.45. The van der Waals surface area contributed by atoms with Crippen molar-refractivity contribution in [3.63, 3.8) is 0 Å². The van der Waals surface area contributed by atoms with Gasteiger partial charge in [0.15, 0.2) is 0 Å². The van der Waals surface area contributed by atoms with Gasteiger partial charge in [0, 0.05) is 6.42 Å². The Morgan fingerprint density at radius 1 is 0.879 bits per heavy atom. The van der Waals surface area contributed by atoms with Crippen LogP contribution >= 0.6 is 0 Å².